The number of nitrogens with one attached hydrogen (secondary N) is 2. The molecule has 0 bridgehead atoms. The zero-order valence-electron chi connectivity index (χ0n) is 18.4. The number of ether oxygens (including phenoxy) is 1. The Labute approximate surface area is 171 Å². The second-order valence-electron chi connectivity index (χ2n) is 8.49. The maximum atomic E-state index is 11.8. The van der Waals surface area contributed by atoms with Crippen molar-refractivity contribution in [2.75, 3.05) is 52.4 Å². The van der Waals surface area contributed by atoms with Gasteiger partial charge in [0.25, 0.3) is 0 Å². The van der Waals surface area contributed by atoms with E-state index in [1.807, 2.05) is 6.92 Å². The third-order valence-corrected chi connectivity index (χ3v) is 5.44. The van der Waals surface area contributed by atoms with Gasteiger partial charge in [0.2, 0.25) is 0 Å². The average Bonchev–Trinajstić information content (AvgIpc) is 2.67. The number of piperidine rings is 2. The number of carbonyl (C=O) groups is 1. The third-order valence-electron chi connectivity index (χ3n) is 5.44. The van der Waals surface area contributed by atoms with Crippen molar-refractivity contribution in [3.63, 3.8) is 0 Å². The van der Waals surface area contributed by atoms with Gasteiger partial charge in [-0.05, 0) is 57.9 Å². The maximum absolute atomic E-state index is 11.8. The molecule has 7 nitrogen and oxygen atoms in total. The molecule has 1 atom stereocenters. The van der Waals surface area contributed by atoms with E-state index in [9.17, 15) is 4.79 Å². The Kier molecular flexibility index (Phi) is 9.88. The van der Waals surface area contributed by atoms with E-state index in [-0.39, 0.29) is 6.09 Å². The highest BCUT2D eigenvalue weighted by Gasteiger charge is 2.24. The highest BCUT2D eigenvalue weighted by molar-refractivity contribution is 5.80. The SMILES string of the molecule is CCNC(=NCC1CCCN(CC(C)C)C1)NC1CCN(C(=O)OCC)CC1. The molecular weight excluding hydrogens is 354 g/mol. The summed E-state index contributed by atoms with van der Waals surface area (Å²) in [7, 11) is 0. The third kappa shape index (κ3) is 7.86. The van der Waals surface area contributed by atoms with Crippen LogP contribution in [0.2, 0.25) is 0 Å². The minimum Gasteiger partial charge on any atom is -0.450 e. The van der Waals surface area contributed by atoms with Crippen LogP contribution < -0.4 is 10.6 Å². The van der Waals surface area contributed by atoms with Crippen LogP contribution in [0.15, 0.2) is 4.99 Å². The predicted octanol–water partition coefficient (Wildman–Crippen LogP) is 2.53. The summed E-state index contributed by atoms with van der Waals surface area (Å²) in [5.41, 5.74) is 0. The fourth-order valence-electron chi connectivity index (χ4n) is 4.14. The number of amides is 1. The molecule has 2 aliphatic heterocycles. The monoisotopic (exact) mass is 395 g/mol. The van der Waals surface area contributed by atoms with E-state index in [0.29, 0.717) is 18.6 Å². The molecular formula is C21H41N5O2. The zero-order valence-corrected chi connectivity index (χ0v) is 18.4. The Morgan fingerprint density at radius 2 is 1.93 bits per heavy atom. The van der Waals surface area contributed by atoms with Crippen LogP contribution in [0.4, 0.5) is 4.79 Å². The first-order valence-electron chi connectivity index (χ1n) is 11.2. The van der Waals surface area contributed by atoms with E-state index in [1.165, 1.54) is 32.5 Å². The van der Waals surface area contributed by atoms with Crippen molar-refractivity contribution in [3.8, 4) is 0 Å². The summed E-state index contributed by atoms with van der Waals surface area (Å²) in [5.74, 6) is 2.29. The lowest BCUT2D eigenvalue weighted by atomic mass is 9.97. The van der Waals surface area contributed by atoms with Crippen molar-refractivity contribution in [1.29, 1.82) is 0 Å². The van der Waals surface area contributed by atoms with E-state index in [0.717, 1.165) is 50.9 Å². The zero-order chi connectivity index (χ0) is 20.4. The molecule has 1 unspecified atom stereocenters. The summed E-state index contributed by atoms with van der Waals surface area (Å²) in [5, 5.41) is 6.97. The highest BCUT2D eigenvalue weighted by Crippen LogP contribution is 2.18. The largest absolute Gasteiger partial charge is 0.450 e. The Hall–Kier alpha value is -1.50. The summed E-state index contributed by atoms with van der Waals surface area (Å²) < 4.78 is 5.10. The quantitative estimate of drug-likeness (QED) is 0.512. The van der Waals surface area contributed by atoms with E-state index < -0.39 is 0 Å². The molecule has 0 aromatic heterocycles. The van der Waals surface area contributed by atoms with Crippen LogP contribution >= 0.6 is 0 Å². The van der Waals surface area contributed by atoms with Crippen molar-refractivity contribution in [3.05, 3.63) is 0 Å². The number of guanidine groups is 1. The first kappa shape index (κ1) is 22.8. The predicted molar refractivity (Wildman–Crippen MR) is 115 cm³/mol. The minimum absolute atomic E-state index is 0.190. The molecule has 2 aliphatic rings. The van der Waals surface area contributed by atoms with Crippen molar-refractivity contribution in [2.45, 2.75) is 59.4 Å². The van der Waals surface area contributed by atoms with Gasteiger partial charge in [0.05, 0.1) is 6.61 Å². The average molecular weight is 396 g/mol. The van der Waals surface area contributed by atoms with E-state index in [2.05, 4.69) is 36.3 Å². The summed E-state index contributed by atoms with van der Waals surface area (Å²) in [6.45, 7) is 15.8. The molecule has 0 spiro atoms. The first-order valence-corrected chi connectivity index (χ1v) is 11.2. The highest BCUT2D eigenvalue weighted by atomic mass is 16.6. The lowest BCUT2D eigenvalue weighted by Crippen LogP contribution is -2.50. The van der Waals surface area contributed by atoms with Crippen molar-refractivity contribution >= 4 is 12.1 Å². The number of likely N-dealkylation sites (tertiary alicyclic amines) is 2. The van der Waals surface area contributed by atoms with Crippen molar-refractivity contribution < 1.29 is 9.53 Å². The Morgan fingerprint density at radius 3 is 2.57 bits per heavy atom. The van der Waals surface area contributed by atoms with Gasteiger partial charge in [-0.15, -0.1) is 0 Å². The van der Waals surface area contributed by atoms with Gasteiger partial charge in [0, 0.05) is 45.3 Å². The fourth-order valence-corrected chi connectivity index (χ4v) is 4.14. The number of rotatable bonds is 7. The fraction of sp³-hybridized carbons (Fsp3) is 0.905. The maximum Gasteiger partial charge on any atom is 0.409 e. The van der Waals surface area contributed by atoms with Gasteiger partial charge in [-0.25, -0.2) is 4.79 Å². The number of hydrogen-bond acceptors (Lipinski definition) is 4. The van der Waals surface area contributed by atoms with E-state index in [4.69, 9.17) is 9.73 Å². The van der Waals surface area contributed by atoms with Crippen LogP contribution in [-0.2, 0) is 4.74 Å². The van der Waals surface area contributed by atoms with Crippen LogP contribution in [-0.4, -0.2) is 80.3 Å². The number of nitrogens with zero attached hydrogens (tertiary/aromatic N) is 3. The molecule has 1 amide bonds. The Bertz CT molecular complexity index is 489. The van der Waals surface area contributed by atoms with Crippen LogP contribution in [0.1, 0.15) is 53.4 Å². The first-order chi connectivity index (χ1) is 13.5. The molecule has 0 aromatic rings. The van der Waals surface area contributed by atoms with Crippen LogP contribution in [0.25, 0.3) is 0 Å². The van der Waals surface area contributed by atoms with Crippen molar-refractivity contribution in [2.24, 2.45) is 16.8 Å². The Balaban J connectivity index is 1.80. The van der Waals surface area contributed by atoms with Gasteiger partial charge in [-0.1, -0.05) is 13.8 Å². The molecule has 0 saturated carbocycles. The molecule has 2 N–H and O–H groups in total. The summed E-state index contributed by atoms with van der Waals surface area (Å²) in [6.07, 6.45) is 4.22. The molecule has 0 radical (unpaired) electrons. The minimum atomic E-state index is -0.190. The summed E-state index contributed by atoms with van der Waals surface area (Å²) >= 11 is 0. The van der Waals surface area contributed by atoms with Crippen LogP contribution in [0.5, 0.6) is 0 Å². The van der Waals surface area contributed by atoms with Gasteiger partial charge in [0.1, 0.15) is 0 Å². The lowest BCUT2D eigenvalue weighted by Gasteiger charge is -2.34. The summed E-state index contributed by atoms with van der Waals surface area (Å²) in [6, 6.07) is 0.354. The van der Waals surface area contributed by atoms with Gasteiger partial charge in [-0.2, -0.15) is 0 Å². The number of carbonyl (C=O) groups excluding carboxylic acids is 1. The normalized spacial score (nSPS) is 22.4. The molecule has 2 heterocycles. The molecule has 28 heavy (non-hydrogen) atoms. The van der Waals surface area contributed by atoms with Gasteiger partial charge in [0.15, 0.2) is 5.96 Å². The van der Waals surface area contributed by atoms with E-state index >= 15 is 0 Å². The Morgan fingerprint density at radius 1 is 1.18 bits per heavy atom. The summed E-state index contributed by atoms with van der Waals surface area (Å²) in [4.78, 5) is 21.1. The van der Waals surface area contributed by atoms with Crippen LogP contribution in [0, 0.1) is 11.8 Å². The number of aliphatic imine (C=N–C) groups is 1. The second-order valence-corrected chi connectivity index (χ2v) is 8.49. The molecule has 2 saturated heterocycles. The number of hydrogen-bond donors (Lipinski definition) is 2. The topological polar surface area (TPSA) is 69.2 Å². The lowest BCUT2D eigenvalue weighted by molar-refractivity contribution is 0.0963. The standard InChI is InChI=1S/C21H41N5O2/c1-5-22-20(23-14-18-8-7-11-25(16-18)15-17(3)4)24-19-9-12-26(13-10-19)21(27)28-6-2/h17-19H,5-16H2,1-4H3,(H2,22,23,24). The van der Waals surface area contributed by atoms with Gasteiger partial charge in [-0.3, -0.25) is 4.99 Å². The molecule has 2 fully saturated rings. The molecule has 2 rings (SSSR count). The van der Waals surface area contributed by atoms with Gasteiger partial charge < -0.3 is 25.2 Å². The van der Waals surface area contributed by atoms with Crippen LogP contribution in [0.3, 0.4) is 0 Å². The molecule has 7 heteroatoms. The van der Waals surface area contributed by atoms with Crippen molar-refractivity contribution in [1.82, 2.24) is 20.4 Å². The molecule has 0 aliphatic carbocycles. The van der Waals surface area contributed by atoms with E-state index in [1.54, 1.807) is 4.90 Å². The molecule has 162 valence electrons. The van der Waals surface area contributed by atoms with Gasteiger partial charge >= 0.3 is 6.09 Å². The second kappa shape index (κ2) is 12.1. The molecule has 0 aromatic carbocycles. The smallest absolute Gasteiger partial charge is 0.409 e.